The lowest BCUT2D eigenvalue weighted by molar-refractivity contribution is -0.118. The quantitative estimate of drug-likeness (QED) is 0.841. The Kier molecular flexibility index (Phi) is 7.15. The summed E-state index contributed by atoms with van der Waals surface area (Å²) < 4.78 is 19.7. The van der Waals surface area contributed by atoms with Crippen molar-refractivity contribution in [1.29, 1.82) is 0 Å². The second-order valence-electron chi connectivity index (χ2n) is 4.90. The molecule has 2 rings (SSSR count). The number of hydrogen-bond donors (Lipinski definition) is 2. The molecule has 0 aliphatic heterocycles. The summed E-state index contributed by atoms with van der Waals surface area (Å²) in [5.41, 5.74) is 6.90. The minimum atomic E-state index is -0.330. The summed E-state index contributed by atoms with van der Waals surface area (Å²) >= 11 is 0. The van der Waals surface area contributed by atoms with E-state index in [1.807, 2.05) is 6.92 Å². The van der Waals surface area contributed by atoms with Gasteiger partial charge in [-0.3, -0.25) is 4.79 Å². The number of halogens is 2. The number of hydrogen-bond acceptors (Lipinski definition) is 4. The second-order valence-corrected chi connectivity index (χ2v) is 4.90. The molecule has 0 spiro atoms. The van der Waals surface area contributed by atoms with E-state index < -0.39 is 0 Å². The summed E-state index contributed by atoms with van der Waals surface area (Å²) in [6.45, 7) is 2.08. The van der Waals surface area contributed by atoms with E-state index >= 15 is 0 Å². The molecule has 3 N–H and O–H groups in total. The van der Waals surface area contributed by atoms with Crippen molar-refractivity contribution in [2.24, 2.45) is 5.73 Å². The van der Waals surface area contributed by atoms with Crippen LogP contribution in [0.4, 0.5) is 10.2 Å². The van der Waals surface area contributed by atoms with Crippen molar-refractivity contribution in [3.8, 4) is 5.69 Å². The second kappa shape index (κ2) is 8.61. The molecule has 0 aliphatic carbocycles. The van der Waals surface area contributed by atoms with E-state index in [1.165, 1.54) is 19.2 Å². The molecule has 1 heterocycles. The molecule has 126 valence electrons. The van der Waals surface area contributed by atoms with Crippen LogP contribution < -0.4 is 11.1 Å². The summed E-state index contributed by atoms with van der Waals surface area (Å²) in [7, 11) is 1.51. The first kappa shape index (κ1) is 19.1. The number of benzene rings is 1. The smallest absolute Gasteiger partial charge is 0.228 e. The van der Waals surface area contributed by atoms with E-state index in [9.17, 15) is 9.18 Å². The van der Waals surface area contributed by atoms with Crippen molar-refractivity contribution in [1.82, 2.24) is 9.78 Å². The number of amides is 1. The van der Waals surface area contributed by atoms with Crippen molar-refractivity contribution in [2.45, 2.75) is 19.4 Å². The van der Waals surface area contributed by atoms with Gasteiger partial charge in [0.2, 0.25) is 5.91 Å². The van der Waals surface area contributed by atoms with Crippen molar-refractivity contribution in [3.63, 3.8) is 0 Å². The van der Waals surface area contributed by atoms with Gasteiger partial charge < -0.3 is 15.8 Å². The largest absolute Gasteiger partial charge is 0.380 e. The van der Waals surface area contributed by atoms with Gasteiger partial charge in [0.15, 0.2) is 0 Å². The number of carbonyl (C=O) groups excluding carboxylic acids is 1. The van der Waals surface area contributed by atoms with Crippen molar-refractivity contribution in [2.75, 3.05) is 19.0 Å². The summed E-state index contributed by atoms with van der Waals surface area (Å²) in [4.78, 5) is 12.0. The van der Waals surface area contributed by atoms with Gasteiger partial charge in [-0.1, -0.05) is 0 Å². The minimum absolute atomic E-state index is 0. The van der Waals surface area contributed by atoms with Gasteiger partial charge in [-0.05, 0) is 31.2 Å². The maximum absolute atomic E-state index is 13.0. The molecule has 8 heteroatoms. The monoisotopic (exact) mass is 342 g/mol. The zero-order valence-electron chi connectivity index (χ0n) is 13.0. The molecule has 0 saturated heterocycles. The lowest BCUT2D eigenvalue weighted by Gasteiger charge is -2.13. The van der Waals surface area contributed by atoms with Gasteiger partial charge >= 0.3 is 0 Å². The molecule has 1 aromatic carbocycles. The molecule has 1 amide bonds. The third-order valence-corrected chi connectivity index (χ3v) is 3.18. The number of ether oxygens (including phenoxy) is 1. The predicted molar refractivity (Wildman–Crippen MR) is 88.6 cm³/mol. The molecule has 1 unspecified atom stereocenters. The van der Waals surface area contributed by atoms with Crippen molar-refractivity contribution < 1.29 is 13.9 Å². The SMILES string of the molecule is COC(CN)CC(=O)Nc1cc(C)nn1-c1ccc(F)cc1.Cl. The molecule has 1 aromatic heterocycles. The average Bonchev–Trinajstić information content (AvgIpc) is 2.86. The first-order chi connectivity index (χ1) is 10.5. The number of nitrogens with one attached hydrogen (secondary N) is 1. The van der Waals surface area contributed by atoms with Crippen molar-refractivity contribution >= 4 is 24.1 Å². The minimum Gasteiger partial charge on any atom is -0.380 e. The van der Waals surface area contributed by atoms with E-state index in [-0.39, 0.29) is 43.2 Å². The van der Waals surface area contributed by atoms with Gasteiger partial charge in [0.05, 0.1) is 23.9 Å². The first-order valence-corrected chi connectivity index (χ1v) is 6.88. The normalized spacial score (nSPS) is 11.7. The highest BCUT2D eigenvalue weighted by atomic mass is 35.5. The predicted octanol–water partition coefficient (Wildman–Crippen LogP) is 2.04. The Morgan fingerprint density at radius 2 is 2.09 bits per heavy atom. The number of nitrogens with zero attached hydrogens (tertiary/aromatic N) is 2. The molecule has 23 heavy (non-hydrogen) atoms. The highest BCUT2D eigenvalue weighted by molar-refractivity contribution is 5.90. The van der Waals surface area contributed by atoms with Gasteiger partial charge in [0.1, 0.15) is 11.6 Å². The fourth-order valence-electron chi connectivity index (χ4n) is 2.03. The Hall–Kier alpha value is -1.96. The van der Waals surface area contributed by atoms with Crippen LogP contribution >= 0.6 is 12.4 Å². The molecule has 0 saturated carbocycles. The fraction of sp³-hybridized carbons (Fsp3) is 0.333. The van der Waals surface area contributed by atoms with E-state index in [2.05, 4.69) is 10.4 Å². The Balaban J connectivity index is 0.00000264. The highest BCUT2D eigenvalue weighted by Crippen LogP contribution is 2.18. The average molecular weight is 343 g/mol. The van der Waals surface area contributed by atoms with Crippen LogP contribution in [0.3, 0.4) is 0 Å². The fourth-order valence-corrected chi connectivity index (χ4v) is 2.03. The molecule has 1 atom stereocenters. The number of anilines is 1. The highest BCUT2D eigenvalue weighted by Gasteiger charge is 2.15. The lowest BCUT2D eigenvalue weighted by atomic mass is 10.2. The van der Waals surface area contributed by atoms with Gasteiger partial charge in [0, 0.05) is 19.7 Å². The Labute approximate surface area is 140 Å². The number of methoxy groups -OCH3 is 1. The summed E-state index contributed by atoms with van der Waals surface area (Å²) in [6, 6.07) is 7.61. The summed E-state index contributed by atoms with van der Waals surface area (Å²) in [6.07, 6.45) is -0.177. The number of carbonyl (C=O) groups is 1. The lowest BCUT2D eigenvalue weighted by Crippen LogP contribution is -2.28. The number of rotatable bonds is 6. The van der Waals surface area contributed by atoms with Gasteiger partial charge in [-0.25, -0.2) is 9.07 Å². The Morgan fingerprint density at radius 1 is 1.43 bits per heavy atom. The van der Waals surface area contributed by atoms with Crippen molar-refractivity contribution in [3.05, 3.63) is 41.8 Å². The molecular formula is C15H20ClFN4O2. The van der Waals surface area contributed by atoms with E-state index in [1.54, 1.807) is 22.9 Å². The van der Waals surface area contributed by atoms with Crippen LogP contribution in [-0.4, -0.2) is 35.4 Å². The Morgan fingerprint density at radius 3 is 2.65 bits per heavy atom. The van der Waals surface area contributed by atoms with Crippen LogP contribution in [-0.2, 0) is 9.53 Å². The molecule has 6 nitrogen and oxygen atoms in total. The van der Waals surface area contributed by atoms with Crippen LogP contribution in [0.25, 0.3) is 5.69 Å². The molecular weight excluding hydrogens is 323 g/mol. The van der Waals surface area contributed by atoms with Gasteiger partial charge in [0.25, 0.3) is 0 Å². The van der Waals surface area contributed by atoms with Gasteiger partial charge in [-0.15, -0.1) is 12.4 Å². The third kappa shape index (κ3) is 5.02. The van der Waals surface area contributed by atoms with Crippen LogP contribution in [0.1, 0.15) is 12.1 Å². The van der Waals surface area contributed by atoms with Crippen LogP contribution in [0.5, 0.6) is 0 Å². The summed E-state index contributed by atoms with van der Waals surface area (Å²) in [5, 5.41) is 7.08. The first-order valence-electron chi connectivity index (χ1n) is 6.88. The maximum Gasteiger partial charge on any atom is 0.228 e. The van der Waals surface area contributed by atoms with E-state index in [4.69, 9.17) is 10.5 Å². The molecule has 0 bridgehead atoms. The van der Waals surface area contributed by atoms with Gasteiger partial charge in [-0.2, -0.15) is 5.10 Å². The Bertz CT molecular complexity index is 641. The van der Waals surface area contributed by atoms with Crippen LogP contribution in [0.2, 0.25) is 0 Å². The number of aryl methyl sites for hydroxylation is 1. The summed E-state index contributed by atoms with van der Waals surface area (Å²) in [5.74, 6) is -0.0364. The van der Waals surface area contributed by atoms with Crippen LogP contribution in [0.15, 0.2) is 30.3 Å². The third-order valence-electron chi connectivity index (χ3n) is 3.18. The standard InChI is InChI=1S/C15H19FN4O2.ClH/c1-10-7-14(18-15(21)8-13(9-17)22-2)20(19-10)12-5-3-11(16)4-6-12;/h3-7,13H,8-9,17H2,1-2H3,(H,18,21);1H. The zero-order valence-corrected chi connectivity index (χ0v) is 13.8. The maximum atomic E-state index is 13.0. The topological polar surface area (TPSA) is 82.2 Å². The zero-order chi connectivity index (χ0) is 16.1. The van der Waals surface area contributed by atoms with E-state index in [0.29, 0.717) is 11.5 Å². The molecule has 2 aromatic rings. The molecule has 0 fully saturated rings. The number of nitrogens with two attached hydrogens (primary N) is 1. The van der Waals surface area contributed by atoms with Crippen LogP contribution in [0, 0.1) is 12.7 Å². The van der Waals surface area contributed by atoms with E-state index in [0.717, 1.165) is 5.69 Å². The number of aromatic nitrogens is 2. The molecule has 0 radical (unpaired) electrons. The molecule has 0 aliphatic rings.